The van der Waals surface area contributed by atoms with E-state index in [1.165, 1.54) is 10.4 Å². The number of rotatable bonds is 2. The van der Waals surface area contributed by atoms with E-state index in [1.54, 1.807) is 26.0 Å². The number of hydrogen-bond acceptors (Lipinski definition) is 4. The van der Waals surface area contributed by atoms with Crippen LogP contribution in [0, 0.1) is 6.92 Å². The summed E-state index contributed by atoms with van der Waals surface area (Å²) < 4.78 is 26.6. The van der Waals surface area contributed by atoms with Crippen molar-refractivity contribution in [3.63, 3.8) is 0 Å². The van der Waals surface area contributed by atoms with Crippen LogP contribution in [0.25, 0.3) is 0 Å². The Morgan fingerprint density at radius 3 is 2.74 bits per heavy atom. The molecule has 0 spiro atoms. The molecule has 1 heterocycles. The normalized spacial score (nSPS) is 25.4. The first kappa shape index (κ1) is 14.3. The maximum Gasteiger partial charge on any atom is 0.243 e. The van der Waals surface area contributed by atoms with Crippen LogP contribution in [0.15, 0.2) is 23.1 Å². The van der Waals surface area contributed by atoms with Crippen molar-refractivity contribution in [2.75, 3.05) is 18.8 Å². The van der Waals surface area contributed by atoms with Crippen molar-refractivity contribution in [2.45, 2.75) is 37.2 Å². The Hall–Kier alpha value is -1.11. The zero-order valence-electron chi connectivity index (χ0n) is 11.3. The van der Waals surface area contributed by atoms with Gasteiger partial charge in [0.2, 0.25) is 10.0 Å². The second kappa shape index (κ2) is 4.77. The van der Waals surface area contributed by atoms with Crippen molar-refractivity contribution in [3.8, 4) is 0 Å². The number of aryl methyl sites for hydroxylation is 1. The molecule has 0 amide bonds. The Bertz CT molecular complexity index is 582. The summed E-state index contributed by atoms with van der Waals surface area (Å²) in [6.07, 6.45) is 1.28. The fourth-order valence-electron chi connectivity index (χ4n) is 2.41. The smallest absolute Gasteiger partial charge is 0.243 e. The van der Waals surface area contributed by atoms with E-state index in [0.29, 0.717) is 30.6 Å². The van der Waals surface area contributed by atoms with Gasteiger partial charge in [-0.15, -0.1) is 0 Å². The molecule has 1 aliphatic rings. The van der Waals surface area contributed by atoms with Crippen LogP contribution in [0.5, 0.6) is 0 Å². The molecule has 1 aromatic rings. The monoisotopic (exact) mass is 284 g/mol. The van der Waals surface area contributed by atoms with Crippen molar-refractivity contribution in [2.24, 2.45) is 0 Å². The molecule has 1 aromatic carbocycles. The van der Waals surface area contributed by atoms with Crippen molar-refractivity contribution in [3.05, 3.63) is 23.8 Å². The molecule has 2 rings (SSSR count). The molecule has 19 heavy (non-hydrogen) atoms. The Balaban J connectivity index is 2.39. The second-order valence-corrected chi connectivity index (χ2v) is 7.37. The molecule has 1 unspecified atom stereocenters. The summed E-state index contributed by atoms with van der Waals surface area (Å²) in [7, 11) is -3.59. The van der Waals surface area contributed by atoms with E-state index in [4.69, 9.17) is 5.73 Å². The van der Waals surface area contributed by atoms with Crippen LogP contribution in [-0.2, 0) is 10.0 Å². The topological polar surface area (TPSA) is 83.6 Å². The number of hydrogen-bond donors (Lipinski definition) is 2. The average molecular weight is 284 g/mol. The first-order valence-electron chi connectivity index (χ1n) is 6.31. The third-order valence-corrected chi connectivity index (χ3v) is 5.46. The van der Waals surface area contributed by atoms with Gasteiger partial charge < -0.3 is 10.8 Å². The standard InChI is InChI=1S/C13H20N2O3S/c1-10-4-5-11(14)8-12(10)19(17,18)15-7-3-6-13(2,16)9-15/h4-5,8,16H,3,6-7,9,14H2,1-2H3. The van der Waals surface area contributed by atoms with Crippen LogP contribution in [0.2, 0.25) is 0 Å². The molecular formula is C13H20N2O3S. The summed E-state index contributed by atoms with van der Waals surface area (Å²) in [6.45, 7) is 3.98. The number of benzene rings is 1. The minimum atomic E-state index is -3.59. The summed E-state index contributed by atoms with van der Waals surface area (Å²) >= 11 is 0. The molecule has 0 saturated carbocycles. The minimum absolute atomic E-state index is 0.129. The highest BCUT2D eigenvalue weighted by Crippen LogP contribution is 2.28. The van der Waals surface area contributed by atoms with Gasteiger partial charge in [0, 0.05) is 18.8 Å². The Morgan fingerprint density at radius 2 is 2.11 bits per heavy atom. The molecule has 6 heteroatoms. The van der Waals surface area contributed by atoms with Gasteiger partial charge in [-0.1, -0.05) is 6.07 Å². The van der Waals surface area contributed by atoms with Gasteiger partial charge in [0.15, 0.2) is 0 Å². The quantitative estimate of drug-likeness (QED) is 0.797. The van der Waals surface area contributed by atoms with Crippen LogP contribution >= 0.6 is 0 Å². The van der Waals surface area contributed by atoms with E-state index < -0.39 is 15.6 Å². The first-order valence-corrected chi connectivity index (χ1v) is 7.75. The number of nitrogen functional groups attached to an aromatic ring is 1. The van der Waals surface area contributed by atoms with Crippen LogP contribution in [0.4, 0.5) is 5.69 Å². The molecule has 106 valence electrons. The number of sulfonamides is 1. The van der Waals surface area contributed by atoms with Crippen molar-refractivity contribution < 1.29 is 13.5 Å². The third-order valence-electron chi connectivity index (χ3n) is 3.47. The molecule has 1 atom stereocenters. The number of anilines is 1. The summed E-state index contributed by atoms with van der Waals surface area (Å²) in [6, 6.07) is 4.86. The van der Waals surface area contributed by atoms with Crippen LogP contribution in [0.3, 0.4) is 0 Å². The van der Waals surface area contributed by atoms with Gasteiger partial charge in [-0.25, -0.2) is 8.42 Å². The zero-order chi connectivity index (χ0) is 14.3. The van der Waals surface area contributed by atoms with Gasteiger partial charge >= 0.3 is 0 Å². The third kappa shape index (κ3) is 2.91. The number of nitrogens with zero attached hydrogens (tertiary/aromatic N) is 1. The lowest BCUT2D eigenvalue weighted by Gasteiger charge is -2.36. The molecule has 0 aliphatic carbocycles. The fourth-order valence-corrected chi connectivity index (χ4v) is 4.27. The molecule has 1 saturated heterocycles. The molecule has 0 bridgehead atoms. The maximum atomic E-state index is 12.6. The largest absolute Gasteiger partial charge is 0.399 e. The Kier molecular flexibility index (Phi) is 3.59. The predicted molar refractivity (Wildman–Crippen MR) is 74.2 cm³/mol. The van der Waals surface area contributed by atoms with E-state index in [0.717, 1.165) is 0 Å². The van der Waals surface area contributed by atoms with E-state index >= 15 is 0 Å². The van der Waals surface area contributed by atoms with E-state index in [1.807, 2.05) is 0 Å². The molecule has 0 aromatic heterocycles. The first-order chi connectivity index (χ1) is 8.72. The SMILES string of the molecule is Cc1ccc(N)cc1S(=O)(=O)N1CCCC(C)(O)C1. The van der Waals surface area contributed by atoms with Crippen LogP contribution in [0.1, 0.15) is 25.3 Å². The summed E-state index contributed by atoms with van der Waals surface area (Å²) in [4.78, 5) is 0.227. The molecule has 5 nitrogen and oxygen atoms in total. The average Bonchev–Trinajstić information content (AvgIpc) is 2.31. The van der Waals surface area contributed by atoms with Gasteiger partial charge in [-0.3, -0.25) is 0 Å². The van der Waals surface area contributed by atoms with Gasteiger partial charge in [0.25, 0.3) is 0 Å². The van der Waals surface area contributed by atoms with Gasteiger partial charge in [0.1, 0.15) is 0 Å². The summed E-state index contributed by atoms with van der Waals surface area (Å²) in [5, 5.41) is 10.0. The Morgan fingerprint density at radius 1 is 1.42 bits per heavy atom. The van der Waals surface area contributed by atoms with Gasteiger partial charge in [0.05, 0.1) is 10.5 Å². The van der Waals surface area contributed by atoms with Crippen molar-refractivity contribution >= 4 is 15.7 Å². The lowest BCUT2D eigenvalue weighted by molar-refractivity contribution is 0.00939. The molecule has 1 aliphatic heterocycles. The highest BCUT2D eigenvalue weighted by Gasteiger charge is 2.36. The van der Waals surface area contributed by atoms with Gasteiger partial charge in [-0.2, -0.15) is 4.31 Å². The lowest BCUT2D eigenvalue weighted by atomic mass is 9.97. The number of nitrogens with two attached hydrogens (primary N) is 1. The maximum absolute atomic E-state index is 12.6. The molecule has 1 fully saturated rings. The minimum Gasteiger partial charge on any atom is -0.399 e. The fraction of sp³-hybridized carbons (Fsp3) is 0.538. The van der Waals surface area contributed by atoms with E-state index in [9.17, 15) is 13.5 Å². The number of aliphatic hydroxyl groups is 1. The molecule has 3 N–H and O–H groups in total. The number of β-amino-alcohol motifs (C(OH)–C–C–N with tert-alkyl or cyclic N) is 1. The van der Waals surface area contributed by atoms with Crippen LogP contribution in [-0.4, -0.2) is 36.5 Å². The van der Waals surface area contributed by atoms with Gasteiger partial charge in [-0.05, 0) is 44.4 Å². The summed E-state index contributed by atoms with van der Waals surface area (Å²) in [5.41, 5.74) is 5.81. The molecule has 0 radical (unpaired) electrons. The van der Waals surface area contributed by atoms with E-state index in [2.05, 4.69) is 0 Å². The summed E-state index contributed by atoms with van der Waals surface area (Å²) in [5.74, 6) is 0. The highest BCUT2D eigenvalue weighted by atomic mass is 32.2. The predicted octanol–water partition coefficient (Wildman–Crippen LogP) is 1.11. The van der Waals surface area contributed by atoms with E-state index in [-0.39, 0.29) is 11.4 Å². The van der Waals surface area contributed by atoms with Crippen molar-refractivity contribution in [1.29, 1.82) is 0 Å². The highest BCUT2D eigenvalue weighted by molar-refractivity contribution is 7.89. The van der Waals surface area contributed by atoms with Crippen LogP contribution < -0.4 is 5.73 Å². The Labute approximate surface area is 114 Å². The zero-order valence-corrected chi connectivity index (χ0v) is 12.1. The number of piperidine rings is 1. The van der Waals surface area contributed by atoms with Crippen molar-refractivity contribution in [1.82, 2.24) is 4.31 Å². The lowest BCUT2D eigenvalue weighted by Crippen LogP contribution is -2.48. The second-order valence-electron chi connectivity index (χ2n) is 5.46. The molecular weight excluding hydrogens is 264 g/mol.